The molecule has 1 aromatic heterocycles. The Hall–Kier alpha value is -1.84. The van der Waals surface area contributed by atoms with Gasteiger partial charge in [-0.3, -0.25) is 4.79 Å². The first-order chi connectivity index (χ1) is 14.0. The van der Waals surface area contributed by atoms with Crippen molar-refractivity contribution in [2.45, 2.75) is 43.1 Å². The molecule has 0 aliphatic carbocycles. The lowest BCUT2D eigenvalue weighted by atomic mass is 10.1. The summed E-state index contributed by atoms with van der Waals surface area (Å²) in [6.45, 7) is 1.49. The van der Waals surface area contributed by atoms with Gasteiger partial charge >= 0.3 is 0 Å². The number of nitrogens with zero attached hydrogens (tertiary/aromatic N) is 2. The minimum Gasteiger partial charge on any atom is -0.376 e. The molecule has 2 aliphatic rings. The number of imidazole rings is 1. The van der Waals surface area contributed by atoms with Gasteiger partial charge in [-0.1, -0.05) is 42.1 Å². The maximum Gasteiger partial charge on any atom is 0.230 e. The van der Waals surface area contributed by atoms with Gasteiger partial charge in [0.25, 0.3) is 0 Å². The van der Waals surface area contributed by atoms with E-state index in [1.54, 1.807) is 0 Å². The first-order valence-electron chi connectivity index (χ1n) is 9.85. The summed E-state index contributed by atoms with van der Waals surface area (Å²) in [5, 5.41) is 3.61. The summed E-state index contributed by atoms with van der Waals surface area (Å²) in [6.07, 6.45) is 4.57. The van der Waals surface area contributed by atoms with Crippen LogP contribution in [0, 0.1) is 0 Å². The van der Waals surface area contributed by atoms with E-state index in [9.17, 15) is 13.2 Å². The highest BCUT2D eigenvalue weighted by molar-refractivity contribution is 7.99. The summed E-state index contributed by atoms with van der Waals surface area (Å²) in [5.74, 6) is 0.227. The Morgan fingerprint density at radius 1 is 1.28 bits per heavy atom. The Labute approximate surface area is 175 Å². The quantitative estimate of drug-likeness (QED) is 0.670. The summed E-state index contributed by atoms with van der Waals surface area (Å²) in [6, 6.07) is 9.78. The zero-order chi connectivity index (χ0) is 20.3. The minimum atomic E-state index is -3.01. The number of thioether (sulfide) groups is 1. The molecule has 2 aromatic rings. The lowest BCUT2D eigenvalue weighted by Crippen LogP contribution is -2.36. The van der Waals surface area contributed by atoms with Crippen LogP contribution in [-0.4, -0.2) is 59.9 Å². The standard InChI is InChI=1S/C20H25N3O4S2/c24-19(22-16-8-10-29(25,26)14-16)13-28-20-21-11-18(15-5-2-1-3-6-15)23(20)12-17-7-4-9-27-17/h1-3,5-6,11,16-17H,4,7-10,12-14H2,(H,22,24). The Kier molecular flexibility index (Phi) is 6.26. The summed E-state index contributed by atoms with van der Waals surface area (Å²) in [5.41, 5.74) is 2.08. The third-order valence-corrected chi connectivity index (χ3v) is 7.99. The molecule has 2 unspecified atom stereocenters. The average molecular weight is 436 g/mol. The van der Waals surface area contributed by atoms with Gasteiger partial charge in [0.15, 0.2) is 15.0 Å². The SMILES string of the molecule is O=C(CSc1ncc(-c2ccccc2)n1CC1CCCO1)NC1CCS(=O)(=O)C1. The molecule has 2 aliphatic heterocycles. The molecule has 1 aromatic carbocycles. The fourth-order valence-corrected chi connectivity index (χ4v) is 6.26. The zero-order valence-electron chi connectivity index (χ0n) is 16.1. The first kappa shape index (κ1) is 20.4. The van der Waals surface area contributed by atoms with Crippen LogP contribution in [0.25, 0.3) is 11.3 Å². The van der Waals surface area contributed by atoms with Crippen molar-refractivity contribution in [1.29, 1.82) is 0 Å². The molecule has 0 spiro atoms. The second kappa shape index (κ2) is 8.89. The van der Waals surface area contributed by atoms with Crippen LogP contribution in [0.15, 0.2) is 41.7 Å². The Bertz CT molecular complexity index is 953. The maximum absolute atomic E-state index is 12.3. The number of aromatic nitrogens is 2. The van der Waals surface area contributed by atoms with Crippen molar-refractivity contribution < 1.29 is 17.9 Å². The topological polar surface area (TPSA) is 90.3 Å². The second-order valence-corrected chi connectivity index (χ2v) is 10.7. The van der Waals surface area contributed by atoms with Crippen LogP contribution in [0.5, 0.6) is 0 Å². The predicted octanol–water partition coefficient (Wildman–Crippen LogP) is 2.12. The predicted molar refractivity (Wildman–Crippen MR) is 113 cm³/mol. The number of nitrogens with one attached hydrogen (secondary N) is 1. The highest BCUT2D eigenvalue weighted by Crippen LogP contribution is 2.28. The Balaban J connectivity index is 1.45. The second-order valence-electron chi connectivity index (χ2n) is 7.49. The highest BCUT2D eigenvalue weighted by atomic mass is 32.2. The number of carbonyl (C=O) groups is 1. The Morgan fingerprint density at radius 3 is 2.79 bits per heavy atom. The third kappa shape index (κ3) is 5.21. The summed E-state index contributed by atoms with van der Waals surface area (Å²) in [7, 11) is -3.01. The number of sulfone groups is 1. The number of amides is 1. The number of ether oxygens (including phenoxy) is 1. The molecule has 2 atom stereocenters. The summed E-state index contributed by atoms with van der Waals surface area (Å²) in [4.78, 5) is 16.9. The number of benzene rings is 1. The van der Waals surface area contributed by atoms with E-state index in [0.717, 1.165) is 35.9 Å². The van der Waals surface area contributed by atoms with Crippen molar-refractivity contribution in [3.05, 3.63) is 36.5 Å². The lowest BCUT2D eigenvalue weighted by molar-refractivity contribution is -0.119. The number of hydrogen-bond acceptors (Lipinski definition) is 6. The number of carbonyl (C=O) groups excluding carboxylic acids is 1. The molecule has 0 radical (unpaired) electrons. The highest BCUT2D eigenvalue weighted by Gasteiger charge is 2.29. The molecule has 156 valence electrons. The van der Waals surface area contributed by atoms with Crippen molar-refractivity contribution in [2.24, 2.45) is 0 Å². The third-order valence-electron chi connectivity index (χ3n) is 5.23. The largest absolute Gasteiger partial charge is 0.376 e. The smallest absolute Gasteiger partial charge is 0.230 e. The molecule has 7 nitrogen and oxygen atoms in total. The average Bonchev–Trinajstić information content (AvgIpc) is 3.42. The summed E-state index contributed by atoms with van der Waals surface area (Å²) >= 11 is 1.37. The number of hydrogen-bond donors (Lipinski definition) is 1. The molecule has 2 saturated heterocycles. The van der Waals surface area contributed by atoms with Crippen molar-refractivity contribution in [1.82, 2.24) is 14.9 Å². The fourth-order valence-electron chi connectivity index (χ4n) is 3.79. The van der Waals surface area contributed by atoms with Crippen LogP contribution in [0.3, 0.4) is 0 Å². The number of rotatable bonds is 7. The Morgan fingerprint density at radius 2 is 2.10 bits per heavy atom. The van der Waals surface area contributed by atoms with Crippen LogP contribution in [0.1, 0.15) is 19.3 Å². The maximum atomic E-state index is 12.3. The molecule has 29 heavy (non-hydrogen) atoms. The molecule has 1 amide bonds. The van der Waals surface area contributed by atoms with E-state index in [-0.39, 0.29) is 35.3 Å². The molecular weight excluding hydrogens is 410 g/mol. The van der Waals surface area contributed by atoms with Crippen molar-refractivity contribution in [3.8, 4) is 11.3 Å². The van der Waals surface area contributed by atoms with Gasteiger partial charge in [0.2, 0.25) is 5.91 Å². The molecule has 0 bridgehead atoms. The van der Waals surface area contributed by atoms with E-state index >= 15 is 0 Å². The van der Waals surface area contributed by atoms with Crippen LogP contribution in [0.2, 0.25) is 0 Å². The molecule has 4 rings (SSSR count). The van der Waals surface area contributed by atoms with Gasteiger partial charge in [-0.25, -0.2) is 13.4 Å². The van der Waals surface area contributed by atoms with E-state index in [2.05, 4.69) is 14.9 Å². The van der Waals surface area contributed by atoms with Gasteiger partial charge in [0.05, 0.1) is 41.8 Å². The summed E-state index contributed by atoms with van der Waals surface area (Å²) < 4.78 is 31.1. The van der Waals surface area contributed by atoms with Gasteiger partial charge in [0, 0.05) is 12.6 Å². The van der Waals surface area contributed by atoms with Crippen LogP contribution < -0.4 is 5.32 Å². The lowest BCUT2D eigenvalue weighted by Gasteiger charge is -2.16. The van der Waals surface area contributed by atoms with E-state index in [1.807, 2.05) is 36.5 Å². The van der Waals surface area contributed by atoms with E-state index in [4.69, 9.17) is 4.74 Å². The first-order valence-corrected chi connectivity index (χ1v) is 12.7. The molecular formula is C20H25N3O4S2. The fraction of sp³-hybridized carbons (Fsp3) is 0.500. The van der Waals surface area contributed by atoms with Crippen molar-refractivity contribution >= 4 is 27.5 Å². The van der Waals surface area contributed by atoms with Gasteiger partial charge in [-0.2, -0.15) is 0 Å². The van der Waals surface area contributed by atoms with E-state index < -0.39 is 9.84 Å². The zero-order valence-corrected chi connectivity index (χ0v) is 17.8. The molecule has 2 fully saturated rings. The van der Waals surface area contributed by atoms with Crippen LogP contribution in [-0.2, 0) is 25.9 Å². The van der Waals surface area contributed by atoms with Gasteiger partial charge in [0.1, 0.15) is 0 Å². The van der Waals surface area contributed by atoms with Gasteiger partial charge < -0.3 is 14.6 Å². The van der Waals surface area contributed by atoms with E-state index in [1.165, 1.54) is 11.8 Å². The van der Waals surface area contributed by atoms with Crippen LogP contribution in [0.4, 0.5) is 0 Å². The van der Waals surface area contributed by atoms with Crippen LogP contribution >= 0.6 is 11.8 Å². The van der Waals surface area contributed by atoms with Gasteiger partial charge in [-0.15, -0.1) is 0 Å². The monoisotopic (exact) mass is 435 g/mol. The molecule has 3 heterocycles. The van der Waals surface area contributed by atoms with Gasteiger partial charge in [-0.05, 0) is 24.8 Å². The molecule has 1 N–H and O–H groups in total. The van der Waals surface area contributed by atoms with Crippen molar-refractivity contribution in [3.63, 3.8) is 0 Å². The normalized spacial score (nSPS) is 23.3. The van der Waals surface area contributed by atoms with Crippen molar-refractivity contribution in [2.75, 3.05) is 23.9 Å². The molecule has 0 saturated carbocycles. The molecule has 9 heteroatoms. The van der Waals surface area contributed by atoms with E-state index in [0.29, 0.717) is 13.0 Å². The minimum absolute atomic E-state index is 0.0369.